The van der Waals surface area contributed by atoms with Gasteiger partial charge in [0, 0.05) is 23.6 Å². The second-order valence-electron chi connectivity index (χ2n) is 6.32. The summed E-state index contributed by atoms with van der Waals surface area (Å²) in [6.07, 6.45) is 4.15. The number of pyridine rings is 1. The van der Waals surface area contributed by atoms with Gasteiger partial charge in [0.15, 0.2) is 18.2 Å². The maximum Gasteiger partial charge on any atom is 0.344 e. The van der Waals surface area contributed by atoms with Crippen molar-refractivity contribution in [2.75, 3.05) is 13.2 Å². The summed E-state index contributed by atoms with van der Waals surface area (Å²) >= 11 is 0. The van der Waals surface area contributed by atoms with Gasteiger partial charge in [0.25, 0.3) is 0 Å². The summed E-state index contributed by atoms with van der Waals surface area (Å²) < 4.78 is 12.7. The van der Waals surface area contributed by atoms with E-state index in [1.807, 2.05) is 31.4 Å². The van der Waals surface area contributed by atoms with Crippen LogP contribution in [0.5, 0.6) is 5.75 Å². The molecule has 0 saturated carbocycles. The molecule has 2 aromatic carbocycles. The van der Waals surface area contributed by atoms with Gasteiger partial charge in [-0.15, -0.1) is 0 Å². The van der Waals surface area contributed by atoms with Gasteiger partial charge >= 0.3 is 5.97 Å². The molecule has 0 N–H and O–H groups in total. The van der Waals surface area contributed by atoms with Crippen LogP contribution >= 0.6 is 0 Å². The van der Waals surface area contributed by atoms with E-state index in [2.05, 4.69) is 0 Å². The van der Waals surface area contributed by atoms with Crippen molar-refractivity contribution in [2.45, 2.75) is 6.42 Å². The van der Waals surface area contributed by atoms with E-state index in [9.17, 15) is 9.59 Å². The highest BCUT2D eigenvalue weighted by molar-refractivity contribution is 6.08. The molecule has 0 fully saturated rings. The van der Waals surface area contributed by atoms with Crippen LogP contribution in [0.1, 0.15) is 32.7 Å². The Morgan fingerprint density at radius 2 is 1.50 bits per heavy atom. The van der Waals surface area contributed by atoms with E-state index < -0.39 is 0 Å². The normalized spacial score (nSPS) is 10.3. The first kappa shape index (κ1) is 19.3. The van der Waals surface area contributed by atoms with E-state index in [0.29, 0.717) is 35.5 Å². The molecule has 5 heteroatoms. The number of benzene rings is 2. The third-order valence-corrected chi connectivity index (χ3v) is 4.12. The number of rotatable bonds is 8. The SMILES string of the molecule is C[n+]1cccc(C(=O)OCCCOc2ccc(C(=O)c3ccccc3)cc2)c1. The highest BCUT2D eigenvalue weighted by Gasteiger charge is 2.10. The zero-order valence-electron chi connectivity index (χ0n) is 15.7. The molecule has 5 nitrogen and oxygen atoms in total. The first-order valence-electron chi connectivity index (χ1n) is 9.08. The Bertz CT molecular complexity index is 936. The van der Waals surface area contributed by atoms with Crippen LogP contribution in [0.2, 0.25) is 0 Å². The van der Waals surface area contributed by atoms with Gasteiger partial charge in [-0.05, 0) is 30.3 Å². The van der Waals surface area contributed by atoms with Crippen LogP contribution in [0.4, 0.5) is 0 Å². The van der Waals surface area contributed by atoms with Crippen molar-refractivity contribution in [3.8, 4) is 5.75 Å². The van der Waals surface area contributed by atoms with Gasteiger partial charge in [0.1, 0.15) is 18.4 Å². The molecule has 0 amide bonds. The molecule has 3 rings (SSSR count). The number of hydrogen-bond donors (Lipinski definition) is 0. The number of hydrogen-bond acceptors (Lipinski definition) is 4. The van der Waals surface area contributed by atoms with Crippen molar-refractivity contribution in [1.82, 2.24) is 0 Å². The standard InChI is InChI=1S/C23H22NO4/c1-24-14-5-9-20(17-24)23(26)28-16-6-15-27-21-12-10-19(11-13-21)22(25)18-7-3-2-4-8-18/h2-5,7-14,17H,6,15-16H2,1H3/q+1. The number of nitrogens with zero attached hydrogens (tertiary/aromatic N) is 1. The topological polar surface area (TPSA) is 56.5 Å². The van der Waals surface area contributed by atoms with Crippen LogP contribution < -0.4 is 9.30 Å². The van der Waals surface area contributed by atoms with Gasteiger partial charge in [-0.3, -0.25) is 4.79 Å². The lowest BCUT2D eigenvalue weighted by atomic mass is 10.0. The average molecular weight is 376 g/mol. The molecule has 0 radical (unpaired) electrons. The zero-order valence-corrected chi connectivity index (χ0v) is 15.7. The predicted molar refractivity (Wildman–Crippen MR) is 104 cm³/mol. The Hall–Kier alpha value is -3.47. The molecular formula is C23H22NO4+. The van der Waals surface area contributed by atoms with E-state index in [1.54, 1.807) is 59.3 Å². The van der Waals surface area contributed by atoms with Crippen LogP contribution in [-0.2, 0) is 11.8 Å². The van der Waals surface area contributed by atoms with Crippen LogP contribution in [-0.4, -0.2) is 25.0 Å². The fourth-order valence-corrected chi connectivity index (χ4v) is 2.66. The Labute approximate surface area is 164 Å². The summed E-state index contributed by atoms with van der Waals surface area (Å²) in [5, 5.41) is 0. The molecule has 0 aliphatic heterocycles. The Morgan fingerprint density at radius 3 is 2.21 bits per heavy atom. The zero-order chi connectivity index (χ0) is 19.8. The highest BCUT2D eigenvalue weighted by Crippen LogP contribution is 2.15. The van der Waals surface area contributed by atoms with Gasteiger partial charge in [-0.25, -0.2) is 9.36 Å². The molecule has 1 heterocycles. The Kier molecular flexibility index (Phi) is 6.52. The summed E-state index contributed by atoms with van der Waals surface area (Å²) in [6.45, 7) is 0.698. The van der Waals surface area contributed by atoms with E-state index >= 15 is 0 Å². The van der Waals surface area contributed by atoms with Gasteiger partial charge in [0.05, 0.1) is 13.2 Å². The minimum atomic E-state index is -0.347. The monoisotopic (exact) mass is 376 g/mol. The molecule has 3 aromatic rings. The third-order valence-electron chi connectivity index (χ3n) is 4.12. The summed E-state index contributed by atoms with van der Waals surface area (Å²) in [4.78, 5) is 24.3. The minimum Gasteiger partial charge on any atom is -0.493 e. The van der Waals surface area contributed by atoms with Crippen molar-refractivity contribution < 1.29 is 23.6 Å². The van der Waals surface area contributed by atoms with E-state index in [4.69, 9.17) is 9.47 Å². The second kappa shape index (κ2) is 9.46. The molecule has 0 unspecified atom stereocenters. The molecule has 28 heavy (non-hydrogen) atoms. The number of esters is 1. The molecule has 1 aromatic heterocycles. The van der Waals surface area contributed by atoms with E-state index in [1.165, 1.54) is 0 Å². The number of ketones is 1. The number of carbonyl (C=O) groups is 2. The van der Waals surface area contributed by atoms with Gasteiger partial charge in [-0.1, -0.05) is 30.3 Å². The summed E-state index contributed by atoms with van der Waals surface area (Å²) in [7, 11) is 1.85. The summed E-state index contributed by atoms with van der Waals surface area (Å²) in [6, 6.07) is 19.7. The van der Waals surface area contributed by atoms with Crippen molar-refractivity contribution >= 4 is 11.8 Å². The lowest BCUT2D eigenvalue weighted by Gasteiger charge is -2.08. The number of aryl methyl sites for hydroxylation is 1. The molecule has 0 aliphatic rings. The maximum atomic E-state index is 12.4. The molecule has 0 spiro atoms. The smallest absolute Gasteiger partial charge is 0.344 e. The Morgan fingerprint density at radius 1 is 0.821 bits per heavy atom. The lowest BCUT2D eigenvalue weighted by Crippen LogP contribution is -2.28. The number of aromatic nitrogens is 1. The molecule has 0 saturated heterocycles. The third kappa shape index (κ3) is 5.27. The van der Waals surface area contributed by atoms with E-state index in [-0.39, 0.29) is 18.4 Å². The van der Waals surface area contributed by atoms with Crippen molar-refractivity contribution in [3.63, 3.8) is 0 Å². The lowest BCUT2D eigenvalue weighted by molar-refractivity contribution is -0.671. The molecule has 0 aliphatic carbocycles. The quantitative estimate of drug-likeness (QED) is 0.262. The molecule has 0 atom stereocenters. The van der Waals surface area contributed by atoms with Crippen LogP contribution in [0.15, 0.2) is 79.1 Å². The number of carbonyl (C=O) groups excluding carboxylic acids is 2. The number of ether oxygens (including phenoxy) is 2. The first-order chi connectivity index (χ1) is 13.6. The van der Waals surface area contributed by atoms with Crippen molar-refractivity contribution in [3.05, 3.63) is 95.8 Å². The van der Waals surface area contributed by atoms with Gasteiger partial charge < -0.3 is 9.47 Å². The predicted octanol–water partition coefficient (Wildman–Crippen LogP) is 3.37. The van der Waals surface area contributed by atoms with Crippen molar-refractivity contribution in [1.29, 1.82) is 0 Å². The van der Waals surface area contributed by atoms with Crippen molar-refractivity contribution in [2.24, 2.45) is 7.05 Å². The minimum absolute atomic E-state index is 0.0200. The molecular weight excluding hydrogens is 354 g/mol. The Balaban J connectivity index is 1.42. The first-order valence-corrected chi connectivity index (χ1v) is 9.08. The summed E-state index contributed by atoms with van der Waals surface area (Å²) in [5.41, 5.74) is 1.79. The molecule has 0 bridgehead atoms. The second-order valence-corrected chi connectivity index (χ2v) is 6.32. The highest BCUT2D eigenvalue weighted by atomic mass is 16.5. The average Bonchev–Trinajstić information content (AvgIpc) is 2.74. The fourth-order valence-electron chi connectivity index (χ4n) is 2.66. The maximum absolute atomic E-state index is 12.4. The fraction of sp³-hybridized carbons (Fsp3) is 0.174. The van der Waals surface area contributed by atoms with Crippen LogP contribution in [0.25, 0.3) is 0 Å². The largest absolute Gasteiger partial charge is 0.493 e. The van der Waals surface area contributed by atoms with E-state index in [0.717, 1.165) is 0 Å². The summed E-state index contributed by atoms with van der Waals surface area (Å²) in [5.74, 6) is 0.305. The van der Waals surface area contributed by atoms with Crippen LogP contribution in [0.3, 0.4) is 0 Å². The van der Waals surface area contributed by atoms with Gasteiger partial charge in [-0.2, -0.15) is 0 Å². The van der Waals surface area contributed by atoms with Crippen LogP contribution in [0, 0.1) is 0 Å². The van der Waals surface area contributed by atoms with Gasteiger partial charge in [0.2, 0.25) is 0 Å². The molecule has 142 valence electrons.